The third-order valence-electron chi connectivity index (χ3n) is 4.81. The molecule has 0 bridgehead atoms. The Morgan fingerprint density at radius 1 is 1.21 bits per heavy atom. The Bertz CT molecular complexity index is 854. The van der Waals surface area contributed by atoms with E-state index in [2.05, 4.69) is 15.6 Å². The lowest BCUT2D eigenvalue weighted by atomic mass is 10.1. The minimum atomic E-state index is -0.975. The van der Waals surface area contributed by atoms with Crippen LogP contribution in [-0.4, -0.2) is 36.6 Å². The van der Waals surface area contributed by atoms with Gasteiger partial charge >= 0.3 is 0 Å². The fraction of sp³-hybridized carbons (Fsp3) is 0.364. The van der Waals surface area contributed by atoms with E-state index in [0.29, 0.717) is 25.5 Å². The van der Waals surface area contributed by atoms with Gasteiger partial charge in [-0.05, 0) is 37.1 Å². The minimum absolute atomic E-state index is 0.142. The number of aliphatic imine (C=N–C) groups is 1. The van der Waals surface area contributed by atoms with Crippen LogP contribution >= 0.6 is 0 Å². The van der Waals surface area contributed by atoms with Crippen LogP contribution in [0.3, 0.4) is 0 Å². The van der Waals surface area contributed by atoms with Gasteiger partial charge in [-0.2, -0.15) is 0 Å². The van der Waals surface area contributed by atoms with Crippen LogP contribution in [0.25, 0.3) is 0 Å². The summed E-state index contributed by atoms with van der Waals surface area (Å²) in [5.74, 6) is 0.282. The fourth-order valence-corrected chi connectivity index (χ4v) is 3.26. The number of nitrogens with one attached hydrogen (secondary N) is 2. The van der Waals surface area contributed by atoms with Gasteiger partial charge in [0.05, 0.1) is 12.6 Å². The topological polar surface area (TPSA) is 77.0 Å². The van der Waals surface area contributed by atoms with Gasteiger partial charge in [0.1, 0.15) is 5.82 Å². The van der Waals surface area contributed by atoms with E-state index in [9.17, 15) is 14.3 Å². The molecule has 6 nitrogen and oxygen atoms in total. The normalized spacial score (nSPS) is 15.5. The minimum Gasteiger partial charge on any atom is -0.386 e. The summed E-state index contributed by atoms with van der Waals surface area (Å²) in [7, 11) is 0. The summed E-state index contributed by atoms with van der Waals surface area (Å²) in [6.45, 7) is 3.97. The highest BCUT2D eigenvalue weighted by Crippen LogP contribution is 2.21. The van der Waals surface area contributed by atoms with Crippen LogP contribution in [0.15, 0.2) is 53.5 Å². The smallest absolute Gasteiger partial charge is 0.227 e. The number of hydrogen-bond acceptors (Lipinski definition) is 3. The Hall–Kier alpha value is -2.93. The number of amides is 1. The molecule has 3 rings (SSSR count). The number of halogens is 1. The lowest BCUT2D eigenvalue weighted by Gasteiger charge is -2.17. The van der Waals surface area contributed by atoms with E-state index in [0.717, 1.165) is 24.2 Å². The Kier molecular flexibility index (Phi) is 7.19. The highest BCUT2D eigenvalue weighted by atomic mass is 19.1. The van der Waals surface area contributed by atoms with Crippen molar-refractivity contribution in [3.63, 3.8) is 0 Å². The molecule has 2 aromatic rings. The number of anilines is 1. The van der Waals surface area contributed by atoms with Crippen LogP contribution in [0.5, 0.6) is 0 Å². The van der Waals surface area contributed by atoms with Crippen molar-refractivity contribution in [3.8, 4) is 0 Å². The molecule has 1 aliphatic heterocycles. The second-order valence-corrected chi connectivity index (χ2v) is 6.93. The highest BCUT2D eigenvalue weighted by Gasteiger charge is 2.21. The van der Waals surface area contributed by atoms with Crippen LogP contribution in [-0.2, 0) is 11.3 Å². The van der Waals surface area contributed by atoms with Crippen molar-refractivity contribution in [2.75, 3.05) is 24.5 Å². The van der Waals surface area contributed by atoms with E-state index < -0.39 is 11.9 Å². The SMILES string of the molecule is CCNC(=NCc1ccc(N2CCCC2=O)cc1)NCC(O)c1ccccc1F. The monoisotopic (exact) mass is 398 g/mol. The number of rotatable bonds is 7. The van der Waals surface area contributed by atoms with Crippen molar-refractivity contribution in [2.24, 2.45) is 4.99 Å². The summed E-state index contributed by atoms with van der Waals surface area (Å²) in [6.07, 6.45) is 0.543. The molecule has 2 aromatic carbocycles. The predicted molar refractivity (Wildman–Crippen MR) is 112 cm³/mol. The van der Waals surface area contributed by atoms with Crippen LogP contribution in [0, 0.1) is 5.82 Å². The number of aliphatic hydroxyl groups excluding tert-OH is 1. The molecule has 0 aromatic heterocycles. The number of carbonyl (C=O) groups is 1. The van der Waals surface area contributed by atoms with Crippen molar-refractivity contribution >= 4 is 17.6 Å². The molecule has 3 N–H and O–H groups in total. The maximum absolute atomic E-state index is 13.8. The molecule has 0 saturated carbocycles. The van der Waals surface area contributed by atoms with Crippen molar-refractivity contribution in [2.45, 2.75) is 32.4 Å². The molecular weight excluding hydrogens is 371 g/mol. The lowest BCUT2D eigenvalue weighted by Crippen LogP contribution is -2.39. The first-order valence-corrected chi connectivity index (χ1v) is 9.92. The Morgan fingerprint density at radius 2 is 1.97 bits per heavy atom. The van der Waals surface area contributed by atoms with E-state index in [1.54, 1.807) is 18.2 Å². The van der Waals surface area contributed by atoms with Crippen LogP contribution in [0.4, 0.5) is 10.1 Å². The number of carbonyl (C=O) groups excluding carboxylic acids is 1. The molecule has 1 amide bonds. The first-order chi connectivity index (χ1) is 14.1. The maximum atomic E-state index is 13.8. The molecular formula is C22H27FN4O2. The van der Waals surface area contributed by atoms with Crippen molar-refractivity contribution in [1.29, 1.82) is 0 Å². The van der Waals surface area contributed by atoms with E-state index in [1.165, 1.54) is 6.07 Å². The molecule has 29 heavy (non-hydrogen) atoms. The van der Waals surface area contributed by atoms with Crippen molar-refractivity contribution < 1.29 is 14.3 Å². The van der Waals surface area contributed by atoms with E-state index in [1.807, 2.05) is 36.1 Å². The molecule has 0 radical (unpaired) electrons. The van der Waals surface area contributed by atoms with Gasteiger partial charge in [0.15, 0.2) is 5.96 Å². The zero-order valence-electron chi connectivity index (χ0n) is 16.6. The van der Waals surface area contributed by atoms with Gasteiger partial charge in [-0.25, -0.2) is 9.38 Å². The summed E-state index contributed by atoms with van der Waals surface area (Å²) in [4.78, 5) is 18.2. The second-order valence-electron chi connectivity index (χ2n) is 6.93. The highest BCUT2D eigenvalue weighted by molar-refractivity contribution is 5.95. The fourth-order valence-electron chi connectivity index (χ4n) is 3.26. The second kappa shape index (κ2) is 10.0. The van der Waals surface area contributed by atoms with Crippen molar-refractivity contribution in [1.82, 2.24) is 10.6 Å². The zero-order valence-corrected chi connectivity index (χ0v) is 16.6. The molecule has 154 valence electrons. The van der Waals surface area contributed by atoms with E-state index in [-0.39, 0.29) is 18.0 Å². The molecule has 7 heteroatoms. The van der Waals surface area contributed by atoms with Gasteiger partial charge in [-0.3, -0.25) is 4.79 Å². The van der Waals surface area contributed by atoms with Crippen LogP contribution < -0.4 is 15.5 Å². The predicted octanol–water partition coefficient (Wildman–Crippen LogP) is 2.74. The van der Waals surface area contributed by atoms with Crippen LogP contribution in [0.2, 0.25) is 0 Å². The number of nitrogens with zero attached hydrogens (tertiary/aromatic N) is 2. The molecule has 1 heterocycles. The zero-order chi connectivity index (χ0) is 20.6. The summed E-state index contributed by atoms with van der Waals surface area (Å²) in [6, 6.07) is 14.0. The van der Waals surface area contributed by atoms with Gasteiger partial charge in [-0.1, -0.05) is 30.3 Å². The number of benzene rings is 2. The molecule has 1 aliphatic rings. The Morgan fingerprint density at radius 3 is 2.62 bits per heavy atom. The molecule has 1 fully saturated rings. The summed E-state index contributed by atoms with van der Waals surface area (Å²) in [5.41, 5.74) is 2.17. The average molecular weight is 398 g/mol. The number of guanidine groups is 1. The molecule has 1 unspecified atom stereocenters. The van der Waals surface area contributed by atoms with Gasteiger partial charge in [0.25, 0.3) is 0 Å². The molecule has 0 spiro atoms. The van der Waals surface area contributed by atoms with Gasteiger partial charge in [0.2, 0.25) is 5.91 Å². The largest absolute Gasteiger partial charge is 0.386 e. The van der Waals surface area contributed by atoms with Crippen LogP contribution in [0.1, 0.15) is 37.0 Å². The Labute approximate surface area is 170 Å². The number of aliphatic hydroxyl groups is 1. The molecule has 1 atom stereocenters. The van der Waals surface area contributed by atoms with E-state index >= 15 is 0 Å². The summed E-state index contributed by atoms with van der Waals surface area (Å²) >= 11 is 0. The third kappa shape index (κ3) is 5.54. The standard InChI is InChI=1S/C22H27FN4O2/c1-2-24-22(26-15-20(28)18-6-3-4-7-19(18)23)25-14-16-9-11-17(12-10-16)27-13-5-8-21(27)29/h3-4,6-7,9-12,20,28H,2,5,8,13-15H2,1H3,(H2,24,25,26). The van der Waals surface area contributed by atoms with Crippen molar-refractivity contribution in [3.05, 3.63) is 65.5 Å². The third-order valence-corrected chi connectivity index (χ3v) is 4.81. The average Bonchev–Trinajstić information content (AvgIpc) is 3.16. The quantitative estimate of drug-likeness (QED) is 0.495. The summed E-state index contributed by atoms with van der Waals surface area (Å²) < 4.78 is 13.8. The first-order valence-electron chi connectivity index (χ1n) is 9.92. The van der Waals surface area contributed by atoms with Gasteiger partial charge < -0.3 is 20.6 Å². The summed E-state index contributed by atoms with van der Waals surface area (Å²) in [5, 5.41) is 16.4. The van der Waals surface area contributed by atoms with E-state index in [4.69, 9.17) is 0 Å². The van der Waals surface area contributed by atoms with Gasteiger partial charge in [0, 0.05) is 37.3 Å². The molecule has 1 saturated heterocycles. The molecule has 0 aliphatic carbocycles. The maximum Gasteiger partial charge on any atom is 0.227 e. The number of hydrogen-bond donors (Lipinski definition) is 3. The first kappa shape index (κ1) is 20.8. The van der Waals surface area contributed by atoms with Gasteiger partial charge in [-0.15, -0.1) is 0 Å². The lowest BCUT2D eigenvalue weighted by molar-refractivity contribution is -0.117. The Balaban J connectivity index is 1.58.